The molecular weight excluding hydrogens is 799 g/mol. The average Bonchev–Trinajstić information content (AvgIpc) is 3.65. The van der Waals surface area contributed by atoms with Crippen molar-refractivity contribution in [2.45, 2.75) is 5.41 Å². The first-order valence-electron chi connectivity index (χ1n) is 22.0. The van der Waals surface area contributed by atoms with E-state index in [0.717, 1.165) is 66.4 Å². The van der Waals surface area contributed by atoms with E-state index in [2.05, 4.69) is 168 Å². The Balaban J connectivity index is 1.17. The molecule has 1 aliphatic carbocycles. The summed E-state index contributed by atoms with van der Waals surface area (Å²) in [5, 5.41) is 6.74. The Bertz CT molecular complexity index is 3530. The van der Waals surface area contributed by atoms with Gasteiger partial charge in [0.25, 0.3) is 0 Å². The predicted octanol–water partition coefficient (Wildman–Crippen LogP) is 16.7. The van der Waals surface area contributed by atoms with Crippen molar-refractivity contribution in [3.05, 3.63) is 277 Å². The molecule has 0 amide bonds. The summed E-state index contributed by atoms with van der Waals surface area (Å²) in [7, 11) is 0. The molecule has 0 aliphatic heterocycles. The number of fused-ring (bicyclic) bond motifs is 9. The second kappa shape index (κ2) is 15.5. The molecule has 1 aliphatic rings. The van der Waals surface area contributed by atoms with Gasteiger partial charge in [0.05, 0.1) is 5.41 Å². The molecule has 0 heterocycles. The number of anilines is 6. The number of benzene rings is 11. The zero-order valence-electron chi connectivity index (χ0n) is 35.2. The number of para-hydroxylation sites is 2. The maximum atomic E-state index is 15.0. The Labute approximate surface area is 376 Å². The molecular formula is C61H40F2N2. The maximum absolute atomic E-state index is 15.0. The third-order valence-corrected chi connectivity index (χ3v) is 13.1. The van der Waals surface area contributed by atoms with E-state index in [1.807, 2.05) is 48.5 Å². The molecule has 0 atom stereocenters. The monoisotopic (exact) mass is 838 g/mol. The third-order valence-electron chi connectivity index (χ3n) is 13.1. The lowest BCUT2D eigenvalue weighted by Crippen LogP contribution is -2.29. The van der Waals surface area contributed by atoms with Gasteiger partial charge in [-0.05, 0) is 163 Å². The van der Waals surface area contributed by atoms with E-state index in [4.69, 9.17) is 0 Å². The predicted molar refractivity (Wildman–Crippen MR) is 266 cm³/mol. The standard InChI is InChI=1S/C61H40F2N2/c62-45-21-15-27-49(38-45)64(47-23-9-3-10-24-47)51-32-31-41-36-57-58(37-42(41)35-51)61(43-17-5-1-6-18-43,44-19-7-2-8-20-44)60-55-34-33-52(40-56(55)53-29-13-14-30-54(53)59(57)60)65(48-25-11-4-12-26-48)50-28-16-22-46(63)39-50/h1-40H. The molecule has 0 radical (unpaired) electrons. The molecule has 11 aromatic rings. The lowest BCUT2D eigenvalue weighted by molar-refractivity contribution is 0.627. The fraction of sp³-hybridized carbons (Fsp3) is 0.0164. The van der Waals surface area contributed by atoms with Gasteiger partial charge in [0, 0.05) is 34.1 Å². The van der Waals surface area contributed by atoms with Crippen molar-refractivity contribution >= 4 is 66.4 Å². The van der Waals surface area contributed by atoms with Gasteiger partial charge in [0.1, 0.15) is 11.6 Å². The van der Waals surface area contributed by atoms with Crippen molar-refractivity contribution in [3.63, 3.8) is 0 Å². The molecule has 0 aromatic heterocycles. The first kappa shape index (κ1) is 38.3. The molecule has 4 heteroatoms. The van der Waals surface area contributed by atoms with Crippen LogP contribution in [0.15, 0.2) is 243 Å². The van der Waals surface area contributed by atoms with Gasteiger partial charge in [-0.25, -0.2) is 8.78 Å². The minimum atomic E-state index is -0.732. The highest BCUT2D eigenvalue weighted by molar-refractivity contribution is 6.20. The lowest BCUT2D eigenvalue weighted by Gasteiger charge is -2.35. The molecule has 308 valence electrons. The Kier molecular flexibility index (Phi) is 9.13. The van der Waals surface area contributed by atoms with Crippen LogP contribution in [0.25, 0.3) is 43.4 Å². The molecule has 0 bridgehead atoms. The van der Waals surface area contributed by atoms with Crippen LogP contribution in [0.4, 0.5) is 42.9 Å². The minimum Gasteiger partial charge on any atom is -0.310 e. The van der Waals surface area contributed by atoms with E-state index < -0.39 is 5.41 Å². The molecule has 11 aromatic carbocycles. The maximum Gasteiger partial charge on any atom is 0.125 e. The summed E-state index contributed by atoms with van der Waals surface area (Å²) >= 11 is 0. The second-order valence-corrected chi connectivity index (χ2v) is 16.7. The van der Waals surface area contributed by atoms with Gasteiger partial charge in [-0.2, -0.15) is 0 Å². The van der Waals surface area contributed by atoms with Crippen LogP contribution < -0.4 is 9.80 Å². The summed E-state index contributed by atoms with van der Waals surface area (Å²) < 4.78 is 29.9. The van der Waals surface area contributed by atoms with Crippen molar-refractivity contribution in [3.8, 4) is 11.1 Å². The fourth-order valence-electron chi connectivity index (χ4n) is 10.5. The normalized spacial score (nSPS) is 12.6. The number of rotatable bonds is 8. The minimum absolute atomic E-state index is 0.288. The van der Waals surface area contributed by atoms with Crippen LogP contribution >= 0.6 is 0 Å². The van der Waals surface area contributed by atoms with Gasteiger partial charge >= 0.3 is 0 Å². The molecule has 0 fully saturated rings. The molecule has 0 unspecified atom stereocenters. The van der Waals surface area contributed by atoms with Crippen molar-refractivity contribution < 1.29 is 8.78 Å². The van der Waals surface area contributed by atoms with E-state index in [-0.39, 0.29) is 11.6 Å². The smallest absolute Gasteiger partial charge is 0.125 e. The first-order chi connectivity index (χ1) is 32.1. The summed E-state index contributed by atoms with van der Waals surface area (Å²) in [6, 6.07) is 82.6. The van der Waals surface area contributed by atoms with E-state index in [1.54, 1.807) is 24.3 Å². The van der Waals surface area contributed by atoms with Gasteiger partial charge in [-0.3, -0.25) is 0 Å². The Hall–Kier alpha value is -8.34. The fourth-order valence-corrected chi connectivity index (χ4v) is 10.5. The van der Waals surface area contributed by atoms with E-state index in [9.17, 15) is 4.39 Å². The van der Waals surface area contributed by atoms with Gasteiger partial charge in [0.15, 0.2) is 0 Å². The van der Waals surface area contributed by atoms with Crippen molar-refractivity contribution in [2.24, 2.45) is 0 Å². The van der Waals surface area contributed by atoms with Crippen LogP contribution in [0.1, 0.15) is 22.3 Å². The van der Waals surface area contributed by atoms with Crippen LogP contribution in [0.2, 0.25) is 0 Å². The Morgan fingerprint density at radius 3 is 1.35 bits per heavy atom. The van der Waals surface area contributed by atoms with Crippen molar-refractivity contribution in [1.29, 1.82) is 0 Å². The molecule has 2 nitrogen and oxygen atoms in total. The second-order valence-electron chi connectivity index (χ2n) is 16.7. The highest BCUT2D eigenvalue weighted by atomic mass is 19.1. The largest absolute Gasteiger partial charge is 0.310 e. The van der Waals surface area contributed by atoms with Gasteiger partial charge in [0.2, 0.25) is 0 Å². The summed E-state index contributed by atoms with van der Waals surface area (Å²) in [6.07, 6.45) is 0. The van der Waals surface area contributed by atoms with E-state index in [1.165, 1.54) is 45.5 Å². The van der Waals surface area contributed by atoms with E-state index in [0.29, 0.717) is 0 Å². The summed E-state index contributed by atoms with van der Waals surface area (Å²) in [4.78, 5) is 4.25. The highest BCUT2D eigenvalue weighted by Crippen LogP contribution is 2.61. The Morgan fingerprint density at radius 2 is 0.785 bits per heavy atom. The number of hydrogen-bond acceptors (Lipinski definition) is 2. The Morgan fingerprint density at radius 1 is 0.308 bits per heavy atom. The molecule has 12 rings (SSSR count). The zero-order chi connectivity index (χ0) is 43.5. The topological polar surface area (TPSA) is 6.48 Å². The summed E-state index contributed by atoms with van der Waals surface area (Å²) in [5.74, 6) is -0.578. The molecule has 0 spiro atoms. The number of hydrogen-bond donors (Lipinski definition) is 0. The summed E-state index contributed by atoms with van der Waals surface area (Å²) in [6.45, 7) is 0. The van der Waals surface area contributed by atoms with Crippen LogP contribution in [0.3, 0.4) is 0 Å². The lowest BCUT2D eigenvalue weighted by atomic mass is 9.66. The van der Waals surface area contributed by atoms with Gasteiger partial charge < -0.3 is 9.80 Å². The van der Waals surface area contributed by atoms with Crippen LogP contribution in [0, 0.1) is 11.6 Å². The highest BCUT2D eigenvalue weighted by Gasteiger charge is 2.48. The SMILES string of the molecule is Fc1cccc(N(c2ccccc2)c2ccc3cc4c(cc3c2)C(c2ccccc2)(c2ccccc2)c2c-4c3ccccc3c3cc(N(c4ccccc4)c4cccc(F)c4)ccc23)c1. The average molecular weight is 839 g/mol. The number of halogens is 2. The zero-order valence-corrected chi connectivity index (χ0v) is 35.2. The molecule has 65 heavy (non-hydrogen) atoms. The van der Waals surface area contributed by atoms with E-state index >= 15 is 4.39 Å². The van der Waals surface area contributed by atoms with Gasteiger partial charge in [-0.1, -0.05) is 146 Å². The molecule has 0 saturated heterocycles. The number of nitrogens with zero attached hydrogens (tertiary/aromatic N) is 2. The van der Waals surface area contributed by atoms with Crippen molar-refractivity contribution in [1.82, 2.24) is 0 Å². The van der Waals surface area contributed by atoms with Crippen LogP contribution in [0.5, 0.6) is 0 Å². The molecule has 0 N–H and O–H groups in total. The third kappa shape index (κ3) is 6.21. The summed E-state index contributed by atoms with van der Waals surface area (Å²) in [5.41, 5.74) is 11.6. The van der Waals surface area contributed by atoms with Crippen molar-refractivity contribution in [2.75, 3.05) is 9.80 Å². The quantitative estimate of drug-likeness (QED) is 0.141. The molecule has 0 saturated carbocycles. The van der Waals surface area contributed by atoms with Gasteiger partial charge in [-0.15, -0.1) is 0 Å². The van der Waals surface area contributed by atoms with Crippen LogP contribution in [-0.2, 0) is 5.41 Å². The first-order valence-corrected chi connectivity index (χ1v) is 22.0. The van der Waals surface area contributed by atoms with Crippen LogP contribution in [-0.4, -0.2) is 0 Å².